The summed E-state index contributed by atoms with van der Waals surface area (Å²) < 4.78 is 7.95. The molecule has 4 rings (SSSR count). The zero-order valence-electron chi connectivity index (χ0n) is 29.0. The lowest BCUT2D eigenvalue weighted by Gasteiger charge is -2.35. The number of hydrogen-bond donors (Lipinski definition) is 5. The third-order valence-electron chi connectivity index (χ3n) is 8.90. The number of methoxy groups -OCH3 is 1. The van der Waals surface area contributed by atoms with Gasteiger partial charge in [-0.15, -0.1) is 0 Å². The number of unbranched alkanes of at least 4 members (excludes halogenated alkanes) is 3. The number of nitrogen functional groups attached to an aromatic ring is 1. The van der Waals surface area contributed by atoms with Crippen LogP contribution in [0.15, 0.2) is 30.5 Å². The Balaban J connectivity index is 1.21. The molecule has 1 aliphatic rings. The monoisotopic (exact) mass is 679 g/mol. The third-order valence-corrected chi connectivity index (χ3v) is 8.90. The first-order chi connectivity index (χ1) is 23.7. The highest BCUT2D eigenvalue weighted by atomic mass is 16.5. The average molecular weight is 680 g/mol. The van der Waals surface area contributed by atoms with E-state index in [1.54, 1.807) is 7.11 Å². The van der Waals surface area contributed by atoms with Crippen LogP contribution >= 0.6 is 0 Å². The Hall–Kier alpha value is -4.43. The third kappa shape index (κ3) is 11.3. The summed E-state index contributed by atoms with van der Waals surface area (Å²) in [6, 6.07) is 7.43. The van der Waals surface area contributed by atoms with E-state index in [-0.39, 0.29) is 24.2 Å². The maximum atomic E-state index is 12.8. The molecule has 1 aromatic carbocycles. The Kier molecular flexibility index (Phi) is 14.5. The Morgan fingerprint density at radius 1 is 0.980 bits per heavy atom. The molecular formula is C35H53N9O5. The van der Waals surface area contributed by atoms with E-state index in [9.17, 15) is 14.4 Å². The minimum Gasteiger partial charge on any atom is -0.496 e. The van der Waals surface area contributed by atoms with Gasteiger partial charge in [0.15, 0.2) is 5.82 Å². The number of piperazine rings is 1. The van der Waals surface area contributed by atoms with Gasteiger partial charge in [0.05, 0.1) is 19.2 Å². The number of carbonyl (C=O) groups excluding carboxylic acids is 2. The summed E-state index contributed by atoms with van der Waals surface area (Å²) in [5.74, 6) is 0.777. The van der Waals surface area contributed by atoms with Crippen LogP contribution in [0, 0.1) is 0 Å². The first kappa shape index (κ1) is 37.4. The van der Waals surface area contributed by atoms with E-state index in [0.717, 1.165) is 79.2 Å². The predicted molar refractivity (Wildman–Crippen MR) is 190 cm³/mol. The van der Waals surface area contributed by atoms with Crippen LogP contribution in [0.2, 0.25) is 0 Å². The summed E-state index contributed by atoms with van der Waals surface area (Å²) in [5, 5.41) is 15.1. The summed E-state index contributed by atoms with van der Waals surface area (Å²) >= 11 is 0. The number of hydrogen-bond acceptors (Lipinski definition) is 10. The number of aliphatic carboxylic acids is 1. The van der Waals surface area contributed by atoms with Crippen molar-refractivity contribution < 1.29 is 24.2 Å². The summed E-state index contributed by atoms with van der Waals surface area (Å²) in [6.45, 7) is 7.68. The van der Waals surface area contributed by atoms with Gasteiger partial charge in [-0.25, -0.2) is 4.98 Å². The second-order valence-corrected chi connectivity index (χ2v) is 12.7. The second kappa shape index (κ2) is 18.9. The number of aromatic nitrogens is 3. The minimum absolute atomic E-state index is 0.0751. The van der Waals surface area contributed by atoms with E-state index in [0.29, 0.717) is 58.3 Å². The molecule has 268 valence electrons. The second-order valence-electron chi connectivity index (χ2n) is 12.7. The van der Waals surface area contributed by atoms with Gasteiger partial charge >= 0.3 is 5.97 Å². The fourth-order valence-corrected chi connectivity index (χ4v) is 6.06. The average Bonchev–Trinajstić information content (AvgIpc) is 3.49. The number of nitrogens with two attached hydrogens (primary N) is 2. The van der Waals surface area contributed by atoms with Crippen molar-refractivity contribution in [3.05, 3.63) is 41.6 Å². The molecule has 0 spiro atoms. The molecule has 1 fully saturated rings. The zero-order valence-corrected chi connectivity index (χ0v) is 29.0. The van der Waals surface area contributed by atoms with E-state index < -0.39 is 12.0 Å². The molecule has 3 aromatic rings. The van der Waals surface area contributed by atoms with Gasteiger partial charge in [-0.2, -0.15) is 4.98 Å². The van der Waals surface area contributed by atoms with Crippen LogP contribution in [-0.2, 0) is 27.5 Å². The maximum absolute atomic E-state index is 12.8. The van der Waals surface area contributed by atoms with Crippen molar-refractivity contribution in [3.63, 3.8) is 0 Å². The standard InChI is InChI=1S/C35H53N9O5/c1-3-4-6-16-39-33-32-28(40-35(37)41-33)14-17-44(32)24-26-13-12-25(22-29(26)49-2)23-42-18-20-43(21-19-42)31(46)11-8-10-30(45)38-15-7-5-9-27(36)34(47)48/h12-14,17,22,27H,3-11,15-16,18-21,23-24,36H2,1-2H3,(H,38,45)(H,47,48)(H3,37,39,40,41). The van der Waals surface area contributed by atoms with Crippen molar-refractivity contribution in [2.24, 2.45) is 5.73 Å². The largest absolute Gasteiger partial charge is 0.496 e. The van der Waals surface area contributed by atoms with Gasteiger partial charge < -0.3 is 41.4 Å². The fraction of sp³-hybridized carbons (Fsp3) is 0.571. The first-order valence-corrected chi connectivity index (χ1v) is 17.5. The zero-order chi connectivity index (χ0) is 35.2. The Morgan fingerprint density at radius 2 is 1.76 bits per heavy atom. The van der Waals surface area contributed by atoms with Crippen molar-refractivity contribution >= 4 is 40.6 Å². The lowest BCUT2D eigenvalue weighted by molar-refractivity contribution is -0.138. The van der Waals surface area contributed by atoms with Gasteiger partial charge in [-0.3, -0.25) is 19.3 Å². The Morgan fingerprint density at radius 3 is 2.49 bits per heavy atom. The highest BCUT2D eigenvalue weighted by Gasteiger charge is 2.22. The molecule has 1 atom stereocenters. The van der Waals surface area contributed by atoms with Crippen molar-refractivity contribution in [2.75, 3.05) is 57.4 Å². The number of nitrogens with zero attached hydrogens (tertiary/aromatic N) is 5. The lowest BCUT2D eigenvalue weighted by Crippen LogP contribution is -2.48. The SMILES string of the molecule is CCCCCNc1nc(N)nc2ccn(Cc3ccc(CN4CCN(C(=O)CCCC(=O)NCCCCC(N)C(=O)O)CC4)cc3OC)c12. The van der Waals surface area contributed by atoms with Crippen LogP contribution < -0.4 is 26.8 Å². The van der Waals surface area contributed by atoms with Crippen LogP contribution in [0.5, 0.6) is 5.75 Å². The number of ether oxygens (including phenoxy) is 1. The van der Waals surface area contributed by atoms with Crippen molar-refractivity contribution in [2.45, 2.75) is 83.8 Å². The van der Waals surface area contributed by atoms with Crippen LogP contribution in [-0.4, -0.2) is 99.6 Å². The molecule has 49 heavy (non-hydrogen) atoms. The molecule has 14 heteroatoms. The molecule has 1 saturated heterocycles. The molecule has 0 saturated carbocycles. The van der Waals surface area contributed by atoms with Gasteiger partial charge in [0.2, 0.25) is 17.8 Å². The summed E-state index contributed by atoms with van der Waals surface area (Å²) in [4.78, 5) is 48.8. The lowest BCUT2D eigenvalue weighted by atomic mass is 10.1. The summed E-state index contributed by atoms with van der Waals surface area (Å²) in [5.41, 5.74) is 15.4. The number of fused-ring (bicyclic) bond motifs is 1. The molecule has 7 N–H and O–H groups in total. The molecular weight excluding hydrogens is 626 g/mol. The highest BCUT2D eigenvalue weighted by molar-refractivity contribution is 5.87. The maximum Gasteiger partial charge on any atom is 0.320 e. The number of carboxylic acid groups (broad SMARTS) is 1. The number of carbonyl (C=O) groups is 3. The van der Waals surface area contributed by atoms with Crippen LogP contribution in [0.1, 0.15) is 75.8 Å². The van der Waals surface area contributed by atoms with Crippen molar-refractivity contribution in [1.29, 1.82) is 0 Å². The van der Waals surface area contributed by atoms with E-state index in [4.69, 9.17) is 21.3 Å². The van der Waals surface area contributed by atoms with Gasteiger partial charge in [-0.1, -0.05) is 31.9 Å². The molecule has 14 nitrogen and oxygen atoms in total. The topological polar surface area (TPSA) is 194 Å². The molecule has 2 amide bonds. The van der Waals surface area contributed by atoms with Gasteiger partial charge in [0, 0.05) is 70.4 Å². The van der Waals surface area contributed by atoms with Gasteiger partial charge in [0.25, 0.3) is 0 Å². The van der Waals surface area contributed by atoms with E-state index in [1.807, 2.05) is 17.2 Å². The molecule has 0 bridgehead atoms. The van der Waals surface area contributed by atoms with Crippen molar-refractivity contribution in [3.8, 4) is 5.75 Å². The van der Waals surface area contributed by atoms with E-state index >= 15 is 0 Å². The minimum atomic E-state index is -1.01. The molecule has 2 aromatic heterocycles. The number of anilines is 2. The highest BCUT2D eigenvalue weighted by Crippen LogP contribution is 2.27. The number of nitrogens with one attached hydrogen (secondary N) is 2. The normalized spacial score (nSPS) is 14.1. The molecule has 3 heterocycles. The quantitative estimate of drug-likeness (QED) is 0.110. The molecule has 0 aliphatic carbocycles. The van der Waals surface area contributed by atoms with Gasteiger partial charge in [-0.05, 0) is 49.8 Å². The van der Waals surface area contributed by atoms with Crippen LogP contribution in [0.3, 0.4) is 0 Å². The molecule has 1 unspecified atom stereocenters. The van der Waals surface area contributed by atoms with E-state index in [2.05, 4.69) is 55.2 Å². The number of amides is 2. The summed E-state index contributed by atoms with van der Waals surface area (Å²) in [7, 11) is 1.69. The Bertz CT molecular complexity index is 1540. The summed E-state index contributed by atoms with van der Waals surface area (Å²) in [6.07, 6.45) is 8.17. The van der Waals surface area contributed by atoms with Crippen LogP contribution in [0.25, 0.3) is 11.0 Å². The Labute approximate surface area is 288 Å². The molecule has 1 aliphatic heterocycles. The number of benzene rings is 1. The predicted octanol–water partition coefficient (Wildman–Crippen LogP) is 3.19. The fourth-order valence-electron chi connectivity index (χ4n) is 6.06. The molecule has 0 radical (unpaired) electrons. The number of rotatable bonds is 20. The van der Waals surface area contributed by atoms with E-state index in [1.165, 1.54) is 0 Å². The van der Waals surface area contributed by atoms with Crippen LogP contribution in [0.4, 0.5) is 11.8 Å². The van der Waals surface area contributed by atoms with Crippen molar-refractivity contribution in [1.82, 2.24) is 29.7 Å². The van der Waals surface area contributed by atoms with Gasteiger partial charge in [0.1, 0.15) is 17.3 Å². The smallest absolute Gasteiger partial charge is 0.320 e. The number of carboxylic acids is 1. The first-order valence-electron chi connectivity index (χ1n) is 17.5.